The zero-order chi connectivity index (χ0) is 23.4. The van der Waals surface area contributed by atoms with Crippen LogP contribution in [-0.4, -0.2) is 17.7 Å². The van der Waals surface area contributed by atoms with Gasteiger partial charge in [0, 0.05) is 32.5 Å². The van der Waals surface area contributed by atoms with Crippen molar-refractivity contribution in [2.24, 2.45) is 10.8 Å². The lowest BCUT2D eigenvalue weighted by molar-refractivity contribution is -0.149. The van der Waals surface area contributed by atoms with Crippen LogP contribution in [-0.2, 0) is 16.1 Å². The fourth-order valence-corrected chi connectivity index (χ4v) is 5.74. The number of Topliss-reactive ketones (excluding diaryl/α,β-unsaturated/α-hetero) is 1. The molecule has 5 nitrogen and oxygen atoms in total. The normalized spacial score (nSPS) is 24.8. The van der Waals surface area contributed by atoms with Crippen molar-refractivity contribution in [2.45, 2.75) is 19.4 Å². The smallest absolute Gasteiger partial charge is 0.328 e. The maximum absolute atomic E-state index is 13.8. The van der Waals surface area contributed by atoms with E-state index in [4.69, 9.17) is 4.74 Å². The van der Waals surface area contributed by atoms with Crippen molar-refractivity contribution in [3.05, 3.63) is 98.4 Å². The fourth-order valence-electron chi connectivity index (χ4n) is 5.10. The van der Waals surface area contributed by atoms with Crippen LogP contribution in [0.2, 0.25) is 0 Å². The lowest BCUT2D eigenvalue weighted by atomic mass is 9.86. The predicted molar refractivity (Wildman–Crippen MR) is 130 cm³/mol. The number of fused-ring (bicyclic) bond motifs is 3. The minimum atomic E-state index is -1.64. The summed E-state index contributed by atoms with van der Waals surface area (Å²) in [6.45, 7) is 1.94. The molecule has 166 valence electrons. The second kappa shape index (κ2) is 7.92. The number of ether oxygens (including phenoxy) is 1. The number of esters is 1. The molecule has 3 aromatic carbocycles. The van der Waals surface area contributed by atoms with Crippen molar-refractivity contribution in [1.29, 1.82) is 0 Å². The summed E-state index contributed by atoms with van der Waals surface area (Å²) in [6.07, 6.45) is 0. The summed E-state index contributed by atoms with van der Waals surface area (Å²) in [5.41, 5.74) is -0.918. The number of hydrogen-bond acceptors (Lipinski definition) is 4. The van der Waals surface area contributed by atoms with E-state index in [1.54, 1.807) is 43.3 Å². The van der Waals surface area contributed by atoms with Crippen molar-refractivity contribution in [3.63, 3.8) is 0 Å². The molecule has 1 heterocycles. The standard InChI is InChI=1S/C26H19Br2NO4/c1-25(22(30)16-7-9-17(27)10-8-16)21-19-13-18(28)11-12-20(19)33-24(32)26(21,25)23(31)29-14-15-5-3-2-4-6-15/h2-13,21H,14H2,1H3,(H,29,31)/t21-,25-,26-/m0/s1. The van der Waals surface area contributed by atoms with Gasteiger partial charge in [-0.3, -0.25) is 14.4 Å². The molecule has 1 N–H and O–H groups in total. The first-order chi connectivity index (χ1) is 15.8. The molecule has 7 heteroatoms. The molecule has 0 unspecified atom stereocenters. The van der Waals surface area contributed by atoms with Crippen LogP contribution >= 0.6 is 31.9 Å². The maximum Gasteiger partial charge on any atom is 0.328 e. The van der Waals surface area contributed by atoms with Gasteiger partial charge < -0.3 is 10.1 Å². The van der Waals surface area contributed by atoms with Gasteiger partial charge in [-0.25, -0.2) is 0 Å². The second-order valence-electron chi connectivity index (χ2n) is 8.52. The summed E-state index contributed by atoms with van der Waals surface area (Å²) in [7, 11) is 0. The van der Waals surface area contributed by atoms with Gasteiger partial charge in [0.2, 0.25) is 5.91 Å². The SMILES string of the molecule is C[C@@]1(C(=O)c2ccc(Br)cc2)[C@@H]2c3cc(Br)ccc3OC(=O)[C@@]21C(=O)NCc1ccccc1. The molecule has 1 saturated carbocycles. The van der Waals surface area contributed by atoms with E-state index in [0.29, 0.717) is 16.9 Å². The van der Waals surface area contributed by atoms with Gasteiger partial charge in [0.15, 0.2) is 11.2 Å². The van der Waals surface area contributed by atoms with E-state index in [9.17, 15) is 14.4 Å². The molecule has 1 fully saturated rings. The Hall–Kier alpha value is -2.77. The zero-order valence-corrected chi connectivity index (χ0v) is 20.8. The summed E-state index contributed by atoms with van der Waals surface area (Å²) in [5.74, 6) is -1.71. The Labute approximate surface area is 207 Å². The van der Waals surface area contributed by atoms with Crippen molar-refractivity contribution in [1.82, 2.24) is 5.32 Å². The molecular weight excluding hydrogens is 550 g/mol. The van der Waals surface area contributed by atoms with Crippen molar-refractivity contribution in [3.8, 4) is 5.75 Å². The molecule has 3 aromatic rings. The van der Waals surface area contributed by atoms with Crippen molar-refractivity contribution in [2.75, 3.05) is 0 Å². The third kappa shape index (κ3) is 3.21. The molecule has 0 spiro atoms. The number of amides is 1. The molecule has 0 aromatic heterocycles. The van der Waals surface area contributed by atoms with Crippen LogP contribution in [0.5, 0.6) is 5.75 Å². The molecule has 5 rings (SSSR count). The van der Waals surface area contributed by atoms with Crippen LogP contribution in [0.1, 0.15) is 34.3 Å². The first-order valence-corrected chi connectivity index (χ1v) is 12.0. The van der Waals surface area contributed by atoms with Gasteiger partial charge in [-0.1, -0.05) is 74.3 Å². The van der Waals surface area contributed by atoms with E-state index in [1.807, 2.05) is 36.4 Å². The number of halogens is 2. The Balaban J connectivity index is 1.59. The average molecular weight is 569 g/mol. The zero-order valence-electron chi connectivity index (χ0n) is 17.6. The molecule has 2 aliphatic rings. The van der Waals surface area contributed by atoms with Crippen LogP contribution in [0.25, 0.3) is 0 Å². The third-order valence-corrected chi connectivity index (χ3v) is 7.81. The molecule has 1 aliphatic heterocycles. The lowest BCUT2D eigenvalue weighted by Gasteiger charge is -2.23. The Morgan fingerprint density at radius 2 is 1.64 bits per heavy atom. The van der Waals surface area contributed by atoms with Crippen LogP contribution in [0, 0.1) is 10.8 Å². The topological polar surface area (TPSA) is 72.5 Å². The third-order valence-electron chi connectivity index (χ3n) is 6.79. The lowest BCUT2D eigenvalue weighted by Crippen LogP contribution is -2.45. The predicted octanol–water partition coefficient (Wildman–Crippen LogP) is 5.42. The summed E-state index contributed by atoms with van der Waals surface area (Å²) in [4.78, 5) is 40.9. The maximum atomic E-state index is 13.8. The van der Waals surface area contributed by atoms with Gasteiger partial charge in [0.25, 0.3) is 0 Å². The fraction of sp³-hybridized carbons (Fsp3) is 0.192. The first-order valence-electron chi connectivity index (χ1n) is 10.4. The molecule has 1 amide bonds. The molecule has 33 heavy (non-hydrogen) atoms. The second-order valence-corrected chi connectivity index (χ2v) is 10.4. The quantitative estimate of drug-likeness (QED) is 0.193. The van der Waals surface area contributed by atoms with Gasteiger partial charge in [-0.05, 0) is 42.8 Å². The molecule has 3 atom stereocenters. The summed E-state index contributed by atoms with van der Waals surface area (Å²) in [6, 6.07) is 21.6. The first kappa shape index (κ1) is 22.0. The Morgan fingerprint density at radius 3 is 2.33 bits per heavy atom. The molecule has 0 radical (unpaired) electrons. The van der Waals surface area contributed by atoms with Gasteiger partial charge >= 0.3 is 5.97 Å². The van der Waals surface area contributed by atoms with E-state index in [2.05, 4.69) is 37.2 Å². The molecular formula is C26H19Br2NO4. The summed E-state index contributed by atoms with van der Waals surface area (Å²) < 4.78 is 7.25. The number of carbonyl (C=O) groups excluding carboxylic acids is 3. The highest BCUT2D eigenvalue weighted by Crippen LogP contribution is 2.78. The highest BCUT2D eigenvalue weighted by atomic mass is 79.9. The van der Waals surface area contributed by atoms with Gasteiger partial charge in [0.05, 0.1) is 5.41 Å². The van der Waals surface area contributed by atoms with E-state index >= 15 is 0 Å². The van der Waals surface area contributed by atoms with E-state index in [0.717, 1.165) is 14.5 Å². The minimum Gasteiger partial charge on any atom is -0.425 e. The van der Waals surface area contributed by atoms with Crippen LogP contribution < -0.4 is 10.1 Å². The monoisotopic (exact) mass is 567 g/mol. The van der Waals surface area contributed by atoms with Gasteiger partial charge in [-0.15, -0.1) is 0 Å². The highest BCUT2D eigenvalue weighted by molar-refractivity contribution is 9.10. The van der Waals surface area contributed by atoms with Gasteiger partial charge in [-0.2, -0.15) is 0 Å². The average Bonchev–Trinajstić information content (AvgIpc) is 3.42. The van der Waals surface area contributed by atoms with E-state index < -0.39 is 28.6 Å². The number of benzene rings is 3. The van der Waals surface area contributed by atoms with Gasteiger partial charge in [0.1, 0.15) is 5.75 Å². The number of nitrogens with one attached hydrogen (secondary N) is 1. The summed E-state index contributed by atoms with van der Waals surface area (Å²) in [5, 5.41) is 2.89. The number of rotatable bonds is 5. The molecule has 1 aliphatic carbocycles. The van der Waals surface area contributed by atoms with Crippen molar-refractivity contribution >= 4 is 49.5 Å². The van der Waals surface area contributed by atoms with E-state index in [-0.39, 0.29) is 12.3 Å². The summed E-state index contributed by atoms with van der Waals surface area (Å²) >= 11 is 6.85. The van der Waals surface area contributed by atoms with E-state index in [1.165, 1.54) is 0 Å². The van der Waals surface area contributed by atoms with Crippen molar-refractivity contribution < 1.29 is 19.1 Å². The number of hydrogen-bond donors (Lipinski definition) is 1. The number of carbonyl (C=O) groups is 3. The largest absolute Gasteiger partial charge is 0.425 e. The molecule has 0 bridgehead atoms. The van der Waals surface area contributed by atoms with Crippen LogP contribution in [0.4, 0.5) is 0 Å². The highest BCUT2D eigenvalue weighted by Gasteiger charge is 2.88. The Kier molecular flexibility index (Phi) is 5.29. The Bertz CT molecular complexity index is 1290. The van der Waals surface area contributed by atoms with Crippen LogP contribution in [0.3, 0.4) is 0 Å². The Morgan fingerprint density at radius 1 is 0.970 bits per heavy atom. The van der Waals surface area contributed by atoms with Crippen LogP contribution in [0.15, 0.2) is 81.7 Å². The minimum absolute atomic E-state index is 0.245. The number of ketones is 1. The molecule has 0 saturated heterocycles.